The SMILES string of the molecule is CCCN(CCNCC1CCC(C)CC1)C(=O)OC(C)(C)C. The summed E-state index contributed by atoms with van der Waals surface area (Å²) in [6.45, 7) is 13.6. The van der Waals surface area contributed by atoms with Crippen LogP contribution in [0.25, 0.3) is 0 Å². The summed E-state index contributed by atoms with van der Waals surface area (Å²) >= 11 is 0. The minimum Gasteiger partial charge on any atom is -0.444 e. The minimum atomic E-state index is -0.421. The number of nitrogens with zero attached hydrogens (tertiary/aromatic N) is 1. The van der Waals surface area contributed by atoms with Crippen molar-refractivity contribution in [3.63, 3.8) is 0 Å². The molecule has 1 aliphatic carbocycles. The highest BCUT2D eigenvalue weighted by Gasteiger charge is 2.21. The molecule has 22 heavy (non-hydrogen) atoms. The first-order valence-electron chi connectivity index (χ1n) is 9.00. The van der Waals surface area contributed by atoms with Crippen LogP contribution in [-0.2, 0) is 4.74 Å². The van der Waals surface area contributed by atoms with Gasteiger partial charge in [-0.15, -0.1) is 0 Å². The lowest BCUT2D eigenvalue weighted by Crippen LogP contribution is -2.41. The molecule has 0 unspecified atom stereocenters. The molecular weight excluding hydrogens is 276 g/mol. The quantitative estimate of drug-likeness (QED) is 0.721. The number of rotatable bonds is 7. The lowest BCUT2D eigenvalue weighted by molar-refractivity contribution is 0.0251. The van der Waals surface area contributed by atoms with E-state index in [4.69, 9.17) is 4.74 Å². The molecule has 1 amide bonds. The van der Waals surface area contributed by atoms with Crippen LogP contribution < -0.4 is 5.32 Å². The van der Waals surface area contributed by atoms with Gasteiger partial charge in [-0.3, -0.25) is 0 Å². The second-order valence-corrected chi connectivity index (χ2v) is 7.80. The molecule has 1 rings (SSSR count). The molecule has 0 aliphatic heterocycles. The van der Waals surface area contributed by atoms with Crippen LogP contribution in [0.3, 0.4) is 0 Å². The summed E-state index contributed by atoms with van der Waals surface area (Å²) in [6.07, 6.45) is 6.19. The van der Waals surface area contributed by atoms with Crippen LogP contribution >= 0.6 is 0 Å². The highest BCUT2D eigenvalue weighted by atomic mass is 16.6. The van der Waals surface area contributed by atoms with Crippen molar-refractivity contribution in [3.05, 3.63) is 0 Å². The lowest BCUT2D eigenvalue weighted by Gasteiger charge is -2.28. The first kappa shape index (κ1) is 19.3. The molecule has 0 radical (unpaired) electrons. The molecule has 0 saturated heterocycles. The smallest absolute Gasteiger partial charge is 0.410 e. The molecule has 0 atom stereocenters. The van der Waals surface area contributed by atoms with Crippen molar-refractivity contribution in [1.82, 2.24) is 10.2 Å². The zero-order valence-electron chi connectivity index (χ0n) is 15.3. The average molecular weight is 312 g/mol. The normalized spacial score (nSPS) is 22.4. The monoisotopic (exact) mass is 312 g/mol. The third-order valence-corrected chi connectivity index (χ3v) is 4.27. The van der Waals surface area contributed by atoms with E-state index in [1.807, 2.05) is 25.7 Å². The Hall–Kier alpha value is -0.770. The highest BCUT2D eigenvalue weighted by Crippen LogP contribution is 2.27. The van der Waals surface area contributed by atoms with Crippen molar-refractivity contribution in [2.75, 3.05) is 26.2 Å². The molecule has 0 spiro atoms. The van der Waals surface area contributed by atoms with E-state index in [9.17, 15) is 4.79 Å². The molecule has 0 heterocycles. The number of carbonyl (C=O) groups excluding carboxylic acids is 1. The van der Waals surface area contributed by atoms with Gasteiger partial charge in [-0.25, -0.2) is 4.79 Å². The van der Waals surface area contributed by atoms with Crippen molar-refractivity contribution in [2.45, 2.75) is 72.3 Å². The van der Waals surface area contributed by atoms with Crippen LogP contribution in [-0.4, -0.2) is 42.8 Å². The summed E-state index contributed by atoms with van der Waals surface area (Å²) in [6, 6.07) is 0. The van der Waals surface area contributed by atoms with E-state index in [2.05, 4.69) is 19.2 Å². The highest BCUT2D eigenvalue weighted by molar-refractivity contribution is 5.68. The second kappa shape index (κ2) is 9.39. The maximum absolute atomic E-state index is 12.2. The van der Waals surface area contributed by atoms with Crippen molar-refractivity contribution in [3.8, 4) is 0 Å². The minimum absolute atomic E-state index is 0.192. The van der Waals surface area contributed by atoms with E-state index < -0.39 is 5.60 Å². The number of nitrogens with one attached hydrogen (secondary N) is 1. The van der Waals surface area contributed by atoms with Crippen LogP contribution in [0.2, 0.25) is 0 Å². The largest absolute Gasteiger partial charge is 0.444 e. The van der Waals surface area contributed by atoms with E-state index >= 15 is 0 Å². The van der Waals surface area contributed by atoms with Gasteiger partial charge >= 0.3 is 6.09 Å². The van der Waals surface area contributed by atoms with Crippen LogP contribution in [0, 0.1) is 11.8 Å². The van der Waals surface area contributed by atoms with Crippen molar-refractivity contribution >= 4 is 6.09 Å². The maximum atomic E-state index is 12.2. The Labute approximate surface area is 137 Å². The van der Waals surface area contributed by atoms with Gasteiger partial charge in [0.2, 0.25) is 0 Å². The predicted octanol–water partition coefficient (Wildman–Crippen LogP) is 4.05. The molecule has 1 aliphatic rings. The second-order valence-electron chi connectivity index (χ2n) is 7.80. The van der Waals surface area contributed by atoms with Gasteiger partial charge in [-0.2, -0.15) is 0 Å². The van der Waals surface area contributed by atoms with Crippen LogP contribution in [0.15, 0.2) is 0 Å². The van der Waals surface area contributed by atoms with Crippen LogP contribution in [0.5, 0.6) is 0 Å². The maximum Gasteiger partial charge on any atom is 0.410 e. The third kappa shape index (κ3) is 8.02. The van der Waals surface area contributed by atoms with E-state index in [0.717, 1.165) is 44.4 Å². The first-order valence-corrected chi connectivity index (χ1v) is 9.00. The van der Waals surface area contributed by atoms with E-state index in [1.54, 1.807) is 0 Å². The molecular formula is C18H36N2O2. The number of hydrogen-bond acceptors (Lipinski definition) is 3. The molecule has 0 bridgehead atoms. The van der Waals surface area contributed by atoms with Crippen molar-refractivity contribution < 1.29 is 9.53 Å². The zero-order valence-corrected chi connectivity index (χ0v) is 15.3. The Morgan fingerprint density at radius 3 is 2.36 bits per heavy atom. The van der Waals surface area contributed by atoms with Crippen LogP contribution in [0.4, 0.5) is 4.79 Å². The standard InChI is InChI=1S/C18H36N2O2/c1-6-12-20(17(21)22-18(3,4)5)13-11-19-14-16-9-7-15(2)8-10-16/h15-16,19H,6-14H2,1-5H3. The Bertz CT molecular complexity index is 318. The molecule has 4 nitrogen and oxygen atoms in total. The number of amides is 1. The molecule has 0 aromatic carbocycles. The summed E-state index contributed by atoms with van der Waals surface area (Å²) in [5.41, 5.74) is -0.421. The number of hydrogen-bond donors (Lipinski definition) is 1. The zero-order chi connectivity index (χ0) is 16.6. The molecule has 1 fully saturated rings. The Morgan fingerprint density at radius 2 is 1.82 bits per heavy atom. The third-order valence-electron chi connectivity index (χ3n) is 4.27. The van der Waals surface area contributed by atoms with Crippen molar-refractivity contribution in [2.24, 2.45) is 11.8 Å². The summed E-state index contributed by atoms with van der Waals surface area (Å²) < 4.78 is 5.47. The Morgan fingerprint density at radius 1 is 1.18 bits per heavy atom. The van der Waals surface area contributed by atoms with Crippen LogP contribution in [0.1, 0.15) is 66.7 Å². The molecule has 1 saturated carbocycles. The Kier molecular flexibility index (Phi) is 8.23. The van der Waals surface area contributed by atoms with E-state index in [1.165, 1.54) is 25.7 Å². The van der Waals surface area contributed by atoms with Gasteiger partial charge in [0.25, 0.3) is 0 Å². The van der Waals surface area contributed by atoms with Gasteiger partial charge in [0.1, 0.15) is 5.60 Å². The number of carbonyl (C=O) groups is 1. The predicted molar refractivity (Wildman–Crippen MR) is 92.1 cm³/mol. The van der Waals surface area contributed by atoms with E-state index in [-0.39, 0.29) is 6.09 Å². The summed E-state index contributed by atoms with van der Waals surface area (Å²) in [4.78, 5) is 14.0. The fourth-order valence-corrected chi connectivity index (χ4v) is 2.94. The first-order chi connectivity index (χ1) is 10.3. The topological polar surface area (TPSA) is 41.6 Å². The average Bonchev–Trinajstić information content (AvgIpc) is 2.42. The number of ether oxygens (including phenoxy) is 1. The fraction of sp³-hybridized carbons (Fsp3) is 0.944. The van der Waals surface area contributed by atoms with E-state index in [0.29, 0.717) is 0 Å². The van der Waals surface area contributed by atoms with Gasteiger partial charge in [-0.1, -0.05) is 26.7 Å². The lowest BCUT2D eigenvalue weighted by atomic mass is 9.83. The molecule has 4 heteroatoms. The summed E-state index contributed by atoms with van der Waals surface area (Å²) in [5.74, 6) is 1.72. The molecule has 1 N–H and O–H groups in total. The van der Waals surface area contributed by atoms with Gasteiger partial charge in [0, 0.05) is 19.6 Å². The summed E-state index contributed by atoms with van der Waals surface area (Å²) in [5, 5.41) is 3.53. The van der Waals surface area contributed by atoms with Gasteiger partial charge in [0.05, 0.1) is 0 Å². The summed E-state index contributed by atoms with van der Waals surface area (Å²) in [7, 11) is 0. The van der Waals surface area contributed by atoms with Gasteiger partial charge in [-0.05, 0) is 58.4 Å². The molecule has 130 valence electrons. The molecule has 0 aromatic rings. The fourth-order valence-electron chi connectivity index (χ4n) is 2.94. The van der Waals surface area contributed by atoms with Gasteiger partial charge in [0.15, 0.2) is 0 Å². The molecule has 0 aromatic heterocycles. The Balaban J connectivity index is 2.25. The van der Waals surface area contributed by atoms with Gasteiger partial charge < -0.3 is 15.0 Å². The van der Waals surface area contributed by atoms with Crippen molar-refractivity contribution in [1.29, 1.82) is 0 Å².